The lowest BCUT2D eigenvalue weighted by molar-refractivity contribution is -0.146. The molecule has 3 rings (SSSR count). The standard InChI is InChI=1S/C14H16O3/c15-13(16)10-5-7-14(8-6-10)12-4-2-1-3-11(12)9-17-14/h1-4,10H,5-9H2,(H,15,16). The van der Waals surface area contributed by atoms with Crippen LogP contribution in [0.25, 0.3) is 0 Å². The first kappa shape index (κ1) is 10.8. The Hall–Kier alpha value is -1.35. The molecule has 17 heavy (non-hydrogen) atoms. The molecule has 0 saturated heterocycles. The number of hydrogen-bond donors (Lipinski definition) is 1. The molecule has 0 unspecified atom stereocenters. The topological polar surface area (TPSA) is 46.5 Å². The van der Waals surface area contributed by atoms with Crippen LogP contribution in [0.2, 0.25) is 0 Å². The molecule has 0 radical (unpaired) electrons. The highest BCUT2D eigenvalue weighted by Crippen LogP contribution is 2.47. The smallest absolute Gasteiger partial charge is 0.306 e. The van der Waals surface area contributed by atoms with E-state index in [0.29, 0.717) is 6.61 Å². The van der Waals surface area contributed by atoms with Crippen molar-refractivity contribution in [3.63, 3.8) is 0 Å². The third-order valence-electron chi connectivity index (χ3n) is 4.15. The lowest BCUT2D eigenvalue weighted by Gasteiger charge is -2.35. The van der Waals surface area contributed by atoms with E-state index in [4.69, 9.17) is 9.84 Å². The van der Waals surface area contributed by atoms with Crippen molar-refractivity contribution >= 4 is 5.97 Å². The molecule has 1 aromatic carbocycles. The number of carboxylic acids is 1. The molecule has 90 valence electrons. The van der Waals surface area contributed by atoms with Gasteiger partial charge in [-0.15, -0.1) is 0 Å². The van der Waals surface area contributed by atoms with Crippen molar-refractivity contribution < 1.29 is 14.6 Å². The van der Waals surface area contributed by atoms with E-state index in [9.17, 15) is 4.79 Å². The average molecular weight is 232 g/mol. The summed E-state index contributed by atoms with van der Waals surface area (Å²) in [4.78, 5) is 11.0. The highest BCUT2D eigenvalue weighted by Gasteiger charge is 2.43. The number of rotatable bonds is 1. The number of carbonyl (C=O) groups is 1. The van der Waals surface area contributed by atoms with Gasteiger partial charge in [0.25, 0.3) is 0 Å². The van der Waals surface area contributed by atoms with E-state index in [2.05, 4.69) is 12.1 Å². The summed E-state index contributed by atoms with van der Waals surface area (Å²) < 4.78 is 5.99. The number of ether oxygens (including phenoxy) is 1. The van der Waals surface area contributed by atoms with Crippen molar-refractivity contribution in [2.24, 2.45) is 5.92 Å². The van der Waals surface area contributed by atoms with E-state index in [-0.39, 0.29) is 11.5 Å². The fourth-order valence-corrected chi connectivity index (χ4v) is 3.13. The first-order valence-electron chi connectivity index (χ1n) is 6.16. The monoisotopic (exact) mass is 232 g/mol. The van der Waals surface area contributed by atoms with Crippen LogP contribution in [0, 0.1) is 5.92 Å². The number of carboxylic acid groups (broad SMARTS) is 1. The predicted octanol–water partition coefficient (Wildman–Crippen LogP) is 2.69. The van der Waals surface area contributed by atoms with Gasteiger partial charge in [-0.2, -0.15) is 0 Å². The molecule has 1 N–H and O–H groups in total. The summed E-state index contributed by atoms with van der Waals surface area (Å²) in [6.07, 6.45) is 3.12. The highest BCUT2D eigenvalue weighted by atomic mass is 16.5. The lowest BCUT2D eigenvalue weighted by atomic mass is 9.75. The summed E-state index contributed by atoms with van der Waals surface area (Å²) >= 11 is 0. The summed E-state index contributed by atoms with van der Waals surface area (Å²) in [5.41, 5.74) is 2.35. The Labute approximate surface area is 100 Å². The molecule has 1 aromatic rings. The zero-order valence-corrected chi connectivity index (χ0v) is 9.69. The van der Waals surface area contributed by atoms with Crippen molar-refractivity contribution in [3.05, 3.63) is 35.4 Å². The second-order valence-corrected chi connectivity index (χ2v) is 5.05. The van der Waals surface area contributed by atoms with Gasteiger partial charge < -0.3 is 9.84 Å². The Kier molecular flexibility index (Phi) is 2.44. The zero-order chi connectivity index (χ0) is 11.9. The molecule has 1 heterocycles. The van der Waals surface area contributed by atoms with E-state index in [1.165, 1.54) is 11.1 Å². The van der Waals surface area contributed by atoms with Crippen molar-refractivity contribution in [1.29, 1.82) is 0 Å². The summed E-state index contributed by atoms with van der Waals surface area (Å²) in [5.74, 6) is -0.844. The SMILES string of the molecule is O=C(O)C1CCC2(CC1)OCc1ccccc12. The number of benzene rings is 1. The molecule has 3 heteroatoms. The van der Waals surface area contributed by atoms with Crippen molar-refractivity contribution in [2.45, 2.75) is 37.9 Å². The van der Waals surface area contributed by atoms with Crippen LogP contribution in [-0.2, 0) is 21.7 Å². The van der Waals surface area contributed by atoms with Gasteiger partial charge in [0.05, 0.1) is 18.1 Å². The molecule has 1 saturated carbocycles. The van der Waals surface area contributed by atoms with Crippen molar-refractivity contribution in [2.75, 3.05) is 0 Å². The minimum atomic E-state index is -0.661. The maximum atomic E-state index is 11.0. The molecule has 0 bridgehead atoms. The van der Waals surface area contributed by atoms with E-state index in [0.717, 1.165) is 25.7 Å². The molecule has 2 aliphatic rings. The Morgan fingerprint density at radius 1 is 1.29 bits per heavy atom. The number of aliphatic carboxylic acids is 1. The van der Waals surface area contributed by atoms with Crippen LogP contribution in [-0.4, -0.2) is 11.1 Å². The van der Waals surface area contributed by atoms with Crippen molar-refractivity contribution in [3.8, 4) is 0 Å². The summed E-state index contributed by atoms with van der Waals surface area (Å²) in [6, 6.07) is 8.30. The number of fused-ring (bicyclic) bond motifs is 2. The summed E-state index contributed by atoms with van der Waals surface area (Å²) in [5, 5.41) is 9.02. The van der Waals surface area contributed by atoms with E-state index >= 15 is 0 Å². The molecule has 1 spiro atoms. The lowest BCUT2D eigenvalue weighted by Crippen LogP contribution is -2.33. The Morgan fingerprint density at radius 2 is 2.00 bits per heavy atom. The fraction of sp³-hybridized carbons (Fsp3) is 0.500. The average Bonchev–Trinajstić information content (AvgIpc) is 2.70. The van der Waals surface area contributed by atoms with Crippen LogP contribution in [0.15, 0.2) is 24.3 Å². The second-order valence-electron chi connectivity index (χ2n) is 5.05. The molecule has 0 atom stereocenters. The van der Waals surface area contributed by atoms with Crippen LogP contribution in [0.4, 0.5) is 0 Å². The van der Waals surface area contributed by atoms with Gasteiger partial charge in [-0.05, 0) is 36.8 Å². The molecular weight excluding hydrogens is 216 g/mol. The maximum absolute atomic E-state index is 11.0. The van der Waals surface area contributed by atoms with Gasteiger partial charge in [-0.1, -0.05) is 24.3 Å². The summed E-state index contributed by atoms with van der Waals surface area (Å²) in [7, 11) is 0. The van der Waals surface area contributed by atoms with Crippen LogP contribution in [0.1, 0.15) is 36.8 Å². The van der Waals surface area contributed by atoms with Gasteiger partial charge >= 0.3 is 5.97 Å². The Balaban J connectivity index is 1.85. The number of hydrogen-bond acceptors (Lipinski definition) is 2. The van der Waals surface area contributed by atoms with Gasteiger partial charge in [0, 0.05) is 0 Å². The molecule has 1 fully saturated rings. The molecule has 3 nitrogen and oxygen atoms in total. The van der Waals surface area contributed by atoms with E-state index < -0.39 is 5.97 Å². The minimum absolute atomic E-state index is 0.183. The van der Waals surface area contributed by atoms with Crippen LogP contribution >= 0.6 is 0 Å². The molecule has 0 aromatic heterocycles. The molecular formula is C14H16O3. The minimum Gasteiger partial charge on any atom is -0.481 e. The van der Waals surface area contributed by atoms with Gasteiger partial charge in [-0.3, -0.25) is 4.79 Å². The van der Waals surface area contributed by atoms with Gasteiger partial charge in [-0.25, -0.2) is 0 Å². The van der Waals surface area contributed by atoms with E-state index in [1.807, 2.05) is 12.1 Å². The van der Waals surface area contributed by atoms with E-state index in [1.54, 1.807) is 0 Å². The molecule has 1 aliphatic carbocycles. The Morgan fingerprint density at radius 3 is 2.71 bits per heavy atom. The maximum Gasteiger partial charge on any atom is 0.306 e. The summed E-state index contributed by atoms with van der Waals surface area (Å²) in [6.45, 7) is 0.675. The van der Waals surface area contributed by atoms with Gasteiger partial charge in [0.2, 0.25) is 0 Å². The largest absolute Gasteiger partial charge is 0.481 e. The van der Waals surface area contributed by atoms with Crippen molar-refractivity contribution in [1.82, 2.24) is 0 Å². The normalized spacial score (nSPS) is 31.4. The van der Waals surface area contributed by atoms with Gasteiger partial charge in [0.1, 0.15) is 0 Å². The second kappa shape index (κ2) is 3.84. The predicted molar refractivity (Wildman–Crippen MR) is 62.5 cm³/mol. The third kappa shape index (κ3) is 1.65. The van der Waals surface area contributed by atoms with Crippen LogP contribution in [0.5, 0.6) is 0 Å². The quantitative estimate of drug-likeness (QED) is 0.809. The highest BCUT2D eigenvalue weighted by molar-refractivity contribution is 5.70. The first-order chi connectivity index (χ1) is 8.21. The molecule has 0 amide bonds. The molecule has 1 aliphatic heterocycles. The van der Waals surface area contributed by atoms with Gasteiger partial charge in [0.15, 0.2) is 0 Å². The Bertz CT molecular complexity index is 445. The fourth-order valence-electron chi connectivity index (χ4n) is 3.13. The van der Waals surface area contributed by atoms with Crippen LogP contribution < -0.4 is 0 Å². The zero-order valence-electron chi connectivity index (χ0n) is 9.69. The third-order valence-corrected chi connectivity index (χ3v) is 4.15. The first-order valence-corrected chi connectivity index (χ1v) is 6.16. The van der Waals surface area contributed by atoms with Crippen LogP contribution in [0.3, 0.4) is 0 Å².